The summed E-state index contributed by atoms with van der Waals surface area (Å²) in [6.07, 6.45) is -1.06. The molecule has 2 aromatic rings. The summed E-state index contributed by atoms with van der Waals surface area (Å²) < 4.78 is 28.9. The van der Waals surface area contributed by atoms with E-state index in [1.54, 1.807) is 18.2 Å². The molecule has 0 fully saturated rings. The Morgan fingerprint density at radius 2 is 1.52 bits per heavy atom. The number of aliphatic hydroxyl groups excluding tert-OH is 1. The fraction of sp³-hybridized carbons (Fsp3) is 0.250. The molecule has 0 aliphatic carbocycles. The van der Waals surface area contributed by atoms with Crippen molar-refractivity contribution in [2.45, 2.75) is 6.10 Å². The van der Waals surface area contributed by atoms with Crippen LogP contribution in [0, 0.1) is 5.82 Å². The van der Waals surface area contributed by atoms with Gasteiger partial charge in [0, 0.05) is 11.6 Å². The zero-order valence-electron chi connectivity index (χ0n) is 12.1. The SMILES string of the molecule is COc1cc(OC)cc(C(O)c2cc(F)ccc2OC)c1. The van der Waals surface area contributed by atoms with E-state index in [1.165, 1.54) is 39.5 Å². The Hall–Kier alpha value is -2.27. The van der Waals surface area contributed by atoms with Crippen LogP contribution in [0.1, 0.15) is 17.2 Å². The molecule has 2 rings (SSSR count). The Balaban J connectivity index is 2.48. The average Bonchev–Trinajstić information content (AvgIpc) is 2.53. The topological polar surface area (TPSA) is 47.9 Å². The molecule has 0 heterocycles. The van der Waals surface area contributed by atoms with Gasteiger partial charge < -0.3 is 19.3 Å². The molecule has 0 amide bonds. The maximum absolute atomic E-state index is 13.4. The first-order chi connectivity index (χ1) is 10.1. The Morgan fingerprint density at radius 1 is 0.905 bits per heavy atom. The number of methoxy groups -OCH3 is 3. The maximum atomic E-state index is 13.4. The van der Waals surface area contributed by atoms with Gasteiger partial charge in [-0.2, -0.15) is 0 Å². The first kappa shape index (κ1) is 15.1. The Labute approximate surface area is 122 Å². The zero-order valence-corrected chi connectivity index (χ0v) is 12.1. The van der Waals surface area contributed by atoms with E-state index in [0.29, 0.717) is 28.4 Å². The van der Waals surface area contributed by atoms with Crippen LogP contribution in [0.15, 0.2) is 36.4 Å². The molecule has 112 valence electrons. The van der Waals surface area contributed by atoms with Gasteiger partial charge in [0.1, 0.15) is 29.2 Å². The summed E-state index contributed by atoms with van der Waals surface area (Å²) in [4.78, 5) is 0. The zero-order chi connectivity index (χ0) is 15.4. The average molecular weight is 292 g/mol. The van der Waals surface area contributed by atoms with E-state index in [9.17, 15) is 9.50 Å². The highest BCUT2D eigenvalue weighted by Crippen LogP contribution is 2.34. The van der Waals surface area contributed by atoms with Crippen molar-refractivity contribution in [1.29, 1.82) is 0 Å². The van der Waals surface area contributed by atoms with Gasteiger partial charge in [-0.25, -0.2) is 4.39 Å². The number of aliphatic hydroxyl groups is 1. The summed E-state index contributed by atoms with van der Waals surface area (Å²) in [6.45, 7) is 0. The number of rotatable bonds is 5. The highest BCUT2D eigenvalue weighted by Gasteiger charge is 2.18. The molecule has 1 unspecified atom stereocenters. The summed E-state index contributed by atoms with van der Waals surface area (Å²) in [5.74, 6) is 1.04. The van der Waals surface area contributed by atoms with E-state index in [4.69, 9.17) is 14.2 Å². The quantitative estimate of drug-likeness (QED) is 0.920. The van der Waals surface area contributed by atoms with Crippen LogP contribution >= 0.6 is 0 Å². The maximum Gasteiger partial charge on any atom is 0.125 e. The predicted molar refractivity (Wildman–Crippen MR) is 76.6 cm³/mol. The van der Waals surface area contributed by atoms with Gasteiger partial charge in [0.15, 0.2) is 0 Å². The minimum Gasteiger partial charge on any atom is -0.497 e. The third kappa shape index (κ3) is 3.25. The van der Waals surface area contributed by atoms with Gasteiger partial charge in [0.2, 0.25) is 0 Å². The van der Waals surface area contributed by atoms with E-state index in [1.807, 2.05) is 0 Å². The molecule has 0 aromatic heterocycles. The van der Waals surface area contributed by atoms with Gasteiger partial charge in [0.05, 0.1) is 21.3 Å². The lowest BCUT2D eigenvalue weighted by Crippen LogP contribution is -2.04. The van der Waals surface area contributed by atoms with Crippen LogP contribution in [-0.2, 0) is 0 Å². The molecular formula is C16H17FO4. The van der Waals surface area contributed by atoms with Crippen LogP contribution < -0.4 is 14.2 Å². The number of hydrogen-bond acceptors (Lipinski definition) is 4. The second-order valence-electron chi connectivity index (χ2n) is 4.43. The van der Waals surface area contributed by atoms with E-state index < -0.39 is 11.9 Å². The van der Waals surface area contributed by atoms with Gasteiger partial charge in [-0.15, -0.1) is 0 Å². The van der Waals surface area contributed by atoms with Crippen LogP contribution in [0.2, 0.25) is 0 Å². The summed E-state index contributed by atoms with van der Waals surface area (Å²) in [6, 6.07) is 9.02. The minimum atomic E-state index is -1.06. The van der Waals surface area contributed by atoms with E-state index in [2.05, 4.69) is 0 Å². The number of ether oxygens (including phenoxy) is 3. The highest BCUT2D eigenvalue weighted by atomic mass is 19.1. The van der Waals surface area contributed by atoms with Gasteiger partial charge in [-0.05, 0) is 35.9 Å². The molecule has 1 N–H and O–H groups in total. The van der Waals surface area contributed by atoms with Crippen molar-refractivity contribution in [2.75, 3.05) is 21.3 Å². The van der Waals surface area contributed by atoms with Crippen LogP contribution in [0.3, 0.4) is 0 Å². The molecule has 21 heavy (non-hydrogen) atoms. The van der Waals surface area contributed by atoms with E-state index in [0.717, 1.165) is 0 Å². The number of halogens is 1. The molecule has 0 aliphatic heterocycles. The molecule has 0 spiro atoms. The normalized spacial score (nSPS) is 11.9. The van der Waals surface area contributed by atoms with Crippen molar-refractivity contribution in [2.24, 2.45) is 0 Å². The molecule has 0 saturated heterocycles. The fourth-order valence-corrected chi connectivity index (χ4v) is 2.09. The first-order valence-electron chi connectivity index (χ1n) is 6.33. The lowest BCUT2D eigenvalue weighted by Gasteiger charge is -2.17. The molecule has 0 radical (unpaired) electrons. The molecule has 5 heteroatoms. The third-order valence-corrected chi connectivity index (χ3v) is 3.18. The van der Waals surface area contributed by atoms with Crippen molar-refractivity contribution in [1.82, 2.24) is 0 Å². The standard InChI is InChI=1S/C16H17FO4/c1-19-12-6-10(7-13(9-12)20-2)16(18)14-8-11(17)4-5-15(14)21-3/h4-9,16,18H,1-3H3. The molecule has 4 nitrogen and oxygen atoms in total. The molecule has 0 aliphatic rings. The Bertz CT molecular complexity index is 605. The minimum absolute atomic E-state index is 0.341. The molecule has 1 atom stereocenters. The predicted octanol–water partition coefficient (Wildman–Crippen LogP) is 2.93. The van der Waals surface area contributed by atoms with E-state index >= 15 is 0 Å². The van der Waals surface area contributed by atoms with Crippen LogP contribution in [0.25, 0.3) is 0 Å². The van der Waals surface area contributed by atoms with Gasteiger partial charge >= 0.3 is 0 Å². The molecule has 0 saturated carbocycles. The van der Waals surface area contributed by atoms with Crippen molar-refractivity contribution >= 4 is 0 Å². The second kappa shape index (κ2) is 6.45. The van der Waals surface area contributed by atoms with E-state index in [-0.39, 0.29) is 0 Å². The monoisotopic (exact) mass is 292 g/mol. The van der Waals surface area contributed by atoms with Gasteiger partial charge in [-0.3, -0.25) is 0 Å². The summed E-state index contributed by atoms with van der Waals surface area (Å²) in [5, 5.41) is 10.5. The fourth-order valence-electron chi connectivity index (χ4n) is 2.09. The molecular weight excluding hydrogens is 275 g/mol. The van der Waals surface area contributed by atoms with Gasteiger partial charge in [0.25, 0.3) is 0 Å². The summed E-state index contributed by atoms with van der Waals surface area (Å²) >= 11 is 0. The second-order valence-corrected chi connectivity index (χ2v) is 4.43. The molecule has 2 aromatic carbocycles. The third-order valence-electron chi connectivity index (χ3n) is 3.18. The van der Waals surface area contributed by atoms with Crippen molar-refractivity contribution in [3.8, 4) is 17.2 Å². The molecule has 0 bridgehead atoms. The first-order valence-corrected chi connectivity index (χ1v) is 6.33. The van der Waals surface area contributed by atoms with Crippen molar-refractivity contribution in [3.63, 3.8) is 0 Å². The lowest BCUT2D eigenvalue weighted by atomic mass is 10.00. The van der Waals surface area contributed by atoms with Crippen molar-refractivity contribution in [3.05, 3.63) is 53.3 Å². The summed E-state index contributed by atoms with van der Waals surface area (Å²) in [7, 11) is 4.51. The lowest BCUT2D eigenvalue weighted by molar-refractivity contribution is 0.213. The van der Waals surface area contributed by atoms with Crippen LogP contribution in [0.4, 0.5) is 4.39 Å². The van der Waals surface area contributed by atoms with Crippen molar-refractivity contribution < 1.29 is 23.7 Å². The number of hydrogen-bond donors (Lipinski definition) is 1. The van der Waals surface area contributed by atoms with Crippen LogP contribution in [0.5, 0.6) is 17.2 Å². The Kier molecular flexibility index (Phi) is 4.65. The summed E-state index contributed by atoms with van der Waals surface area (Å²) in [5.41, 5.74) is 0.864. The van der Waals surface area contributed by atoms with Crippen LogP contribution in [-0.4, -0.2) is 26.4 Å². The smallest absolute Gasteiger partial charge is 0.125 e. The van der Waals surface area contributed by atoms with Gasteiger partial charge in [-0.1, -0.05) is 0 Å². The highest BCUT2D eigenvalue weighted by molar-refractivity contribution is 5.45. The number of benzene rings is 2. The Morgan fingerprint density at radius 3 is 2.05 bits per heavy atom. The largest absolute Gasteiger partial charge is 0.497 e.